The van der Waals surface area contributed by atoms with Crippen LogP contribution in [0.1, 0.15) is 5.56 Å². The number of thioether (sulfide) groups is 1. The smallest absolute Gasteiger partial charge is 0.250 e. The molecule has 10 heteroatoms. The van der Waals surface area contributed by atoms with E-state index in [-0.39, 0.29) is 11.7 Å². The lowest BCUT2D eigenvalue weighted by Crippen LogP contribution is -2.20. The number of rotatable bonds is 6. The highest BCUT2D eigenvalue weighted by molar-refractivity contribution is 9.12. The first-order valence-corrected chi connectivity index (χ1v) is 9.23. The quantitative estimate of drug-likeness (QED) is 0.268. The van der Waals surface area contributed by atoms with Crippen molar-refractivity contribution in [2.75, 3.05) is 11.5 Å². The second kappa shape index (κ2) is 8.59. The van der Waals surface area contributed by atoms with E-state index >= 15 is 0 Å². The number of aromatic nitrogens is 4. The molecule has 0 saturated heterocycles. The molecule has 0 radical (unpaired) electrons. The predicted octanol–water partition coefficient (Wildman–Crippen LogP) is 2.34. The lowest BCUT2D eigenvalue weighted by atomic mass is 10.2. The third-order valence-electron chi connectivity index (χ3n) is 3.07. The third kappa shape index (κ3) is 4.90. The van der Waals surface area contributed by atoms with Gasteiger partial charge in [-0.3, -0.25) is 4.79 Å². The molecule has 8 nitrogen and oxygen atoms in total. The van der Waals surface area contributed by atoms with Gasteiger partial charge in [0.15, 0.2) is 10.8 Å². The molecule has 26 heavy (non-hydrogen) atoms. The number of hydrogen-bond acceptors (Lipinski definition) is 7. The molecule has 3 aromatic rings. The van der Waals surface area contributed by atoms with Crippen molar-refractivity contribution >= 4 is 57.4 Å². The number of anilines is 1. The van der Waals surface area contributed by atoms with Crippen LogP contribution in [0.2, 0.25) is 0 Å². The molecule has 132 valence electrons. The lowest BCUT2D eigenvalue weighted by molar-refractivity contribution is -0.118. The molecule has 2 aromatic heterocycles. The number of nitrogens with zero attached hydrogens (tertiary/aromatic N) is 5. The van der Waals surface area contributed by atoms with Crippen molar-refractivity contribution in [1.29, 1.82) is 0 Å². The van der Waals surface area contributed by atoms with E-state index in [1.54, 1.807) is 6.07 Å². The highest BCUT2D eigenvalue weighted by atomic mass is 79.9. The molecule has 0 fully saturated rings. The van der Waals surface area contributed by atoms with E-state index in [0.29, 0.717) is 16.6 Å². The van der Waals surface area contributed by atoms with Crippen LogP contribution in [0, 0.1) is 0 Å². The number of hydrazone groups is 1. The summed E-state index contributed by atoms with van der Waals surface area (Å²) in [5.41, 5.74) is 9.79. The van der Waals surface area contributed by atoms with Gasteiger partial charge in [0.1, 0.15) is 12.1 Å². The van der Waals surface area contributed by atoms with Crippen molar-refractivity contribution in [3.8, 4) is 0 Å². The lowest BCUT2D eigenvalue weighted by Gasteiger charge is -2.03. The Hall–Kier alpha value is -2.72. The van der Waals surface area contributed by atoms with Crippen LogP contribution in [0.4, 0.5) is 5.82 Å². The van der Waals surface area contributed by atoms with Crippen molar-refractivity contribution in [2.24, 2.45) is 5.10 Å². The number of nitrogens with one attached hydrogen (secondary N) is 1. The molecule has 0 unspecified atom stereocenters. The second-order valence-electron chi connectivity index (χ2n) is 5.02. The maximum atomic E-state index is 11.9. The van der Waals surface area contributed by atoms with Crippen LogP contribution in [-0.2, 0) is 4.79 Å². The molecule has 0 aliphatic heterocycles. The largest absolute Gasteiger partial charge is 0.383 e. The average molecular weight is 432 g/mol. The van der Waals surface area contributed by atoms with Crippen LogP contribution in [0.25, 0.3) is 11.7 Å². The van der Waals surface area contributed by atoms with Crippen LogP contribution < -0.4 is 11.2 Å². The van der Waals surface area contributed by atoms with Crippen molar-refractivity contribution in [3.63, 3.8) is 0 Å². The molecule has 0 atom stereocenters. The van der Waals surface area contributed by atoms with E-state index < -0.39 is 0 Å². The number of nitrogens with two attached hydrogens (primary N) is 1. The van der Waals surface area contributed by atoms with Crippen molar-refractivity contribution in [2.45, 2.75) is 5.16 Å². The Kier molecular flexibility index (Phi) is 5.97. The summed E-state index contributed by atoms with van der Waals surface area (Å²) in [6.07, 6.45) is 4.81. The van der Waals surface area contributed by atoms with Crippen LogP contribution in [-0.4, -0.2) is 37.5 Å². The Morgan fingerprint density at radius 3 is 3.00 bits per heavy atom. The van der Waals surface area contributed by atoms with Gasteiger partial charge in [0.2, 0.25) is 0 Å². The minimum Gasteiger partial charge on any atom is -0.383 e. The van der Waals surface area contributed by atoms with E-state index in [2.05, 4.69) is 41.5 Å². The SMILES string of the molecule is Nc1cc2ncnn2c(SCC(=O)N/N=C/C(Br)=C/c2ccccc2)n1. The van der Waals surface area contributed by atoms with E-state index in [0.717, 1.165) is 10.0 Å². The Balaban J connectivity index is 1.54. The molecule has 3 rings (SSSR count). The number of hydrogen-bond donors (Lipinski definition) is 2. The number of carbonyl (C=O) groups is 1. The summed E-state index contributed by atoms with van der Waals surface area (Å²) in [4.78, 5) is 20.2. The van der Waals surface area contributed by atoms with Gasteiger partial charge in [-0.05, 0) is 27.6 Å². The van der Waals surface area contributed by atoms with E-state index in [4.69, 9.17) is 5.73 Å². The van der Waals surface area contributed by atoms with Crippen molar-refractivity contribution in [3.05, 3.63) is 52.8 Å². The van der Waals surface area contributed by atoms with Gasteiger partial charge in [0.05, 0.1) is 12.0 Å². The third-order valence-corrected chi connectivity index (χ3v) is 4.43. The summed E-state index contributed by atoms with van der Waals surface area (Å²) >= 11 is 4.58. The van der Waals surface area contributed by atoms with Gasteiger partial charge >= 0.3 is 0 Å². The molecule has 1 aromatic carbocycles. The van der Waals surface area contributed by atoms with E-state index in [1.807, 2.05) is 36.4 Å². The zero-order valence-electron chi connectivity index (χ0n) is 13.4. The number of carbonyl (C=O) groups excluding carboxylic acids is 1. The Bertz CT molecular complexity index is 971. The van der Waals surface area contributed by atoms with E-state index in [9.17, 15) is 4.79 Å². The standard InChI is InChI=1S/C16H14BrN7OS/c17-12(6-11-4-2-1-3-5-11)8-20-23-15(25)9-26-16-22-13(18)7-14-19-10-21-24(14)16/h1-8,10H,9,18H2,(H,23,25)/b12-6-,20-8+. The fourth-order valence-electron chi connectivity index (χ4n) is 1.99. The zero-order valence-corrected chi connectivity index (χ0v) is 15.8. The molecule has 0 aliphatic carbocycles. The fourth-order valence-corrected chi connectivity index (χ4v) is 3.11. The molecular formula is C16H14BrN7OS. The van der Waals surface area contributed by atoms with Gasteiger partial charge in [-0.2, -0.15) is 14.7 Å². The summed E-state index contributed by atoms with van der Waals surface area (Å²) in [5, 5.41) is 8.46. The number of nitrogen functional groups attached to an aromatic ring is 1. The first-order valence-electron chi connectivity index (χ1n) is 7.45. The van der Waals surface area contributed by atoms with Gasteiger partial charge in [0, 0.05) is 10.5 Å². The molecule has 3 N–H and O–H groups in total. The molecule has 0 bridgehead atoms. The maximum absolute atomic E-state index is 11.9. The number of benzene rings is 1. The van der Waals surface area contributed by atoms with Gasteiger partial charge in [-0.15, -0.1) is 0 Å². The first-order chi connectivity index (χ1) is 12.6. The first kappa shape index (κ1) is 18.1. The van der Waals surface area contributed by atoms with Gasteiger partial charge < -0.3 is 5.73 Å². The van der Waals surface area contributed by atoms with Crippen LogP contribution in [0.15, 0.2) is 57.5 Å². The molecular weight excluding hydrogens is 418 g/mol. The summed E-state index contributed by atoms with van der Waals surface area (Å²) < 4.78 is 2.26. The highest BCUT2D eigenvalue weighted by Crippen LogP contribution is 2.17. The summed E-state index contributed by atoms with van der Waals surface area (Å²) in [7, 11) is 0. The minimum absolute atomic E-state index is 0.114. The fraction of sp³-hybridized carbons (Fsp3) is 0.0625. The van der Waals surface area contributed by atoms with Crippen LogP contribution >= 0.6 is 27.7 Å². The monoisotopic (exact) mass is 431 g/mol. The van der Waals surface area contributed by atoms with E-state index in [1.165, 1.54) is 28.8 Å². The topological polar surface area (TPSA) is 111 Å². The molecule has 0 saturated carbocycles. The molecule has 1 amide bonds. The number of fused-ring (bicyclic) bond motifs is 1. The van der Waals surface area contributed by atoms with Crippen molar-refractivity contribution < 1.29 is 4.79 Å². The summed E-state index contributed by atoms with van der Waals surface area (Å²) in [6.45, 7) is 0. The highest BCUT2D eigenvalue weighted by Gasteiger charge is 2.09. The Morgan fingerprint density at radius 2 is 2.19 bits per heavy atom. The number of halogens is 1. The van der Waals surface area contributed by atoms with Crippen LogP contribution in [0.5, 0.6) is 0 Å². The van der Waals surface area contributed by atoms with Crippen molar-refractivity contribution in [1.82, 2.24) is 25.0 Å². The average Bonchev–Trinajstić information content (AvgIpc) is 3.09. The minimum atomic E-state index is -0.274. The Morgan fingerprint density at radius 1 is 1.38 bits per heavy atom. The van der Waals surface area contributed by atoms with Crippen LogP contribution in [0.3, 0.4) is 0 Å². The van der Waals surface area contributed by atoms with Gasteiger partial charge in [0.25, 0.3) is 5.91 Å². The molecule has 2 heterocycles. The number of amides is 1. The molecule has 0 aliphatic rings. The number of allylic oxidation sites excluding steroid dienone is 1. The zero-order chi connectivity index (χ0) is 18.4. The maximum Gasteiger partial charge on any atom is 0.250 e. The van der Waals surface area contributed by atoms with Gasteiger partial charge in [-0.1, -0.05) is 42.1 Å². The van der Waals surface area contributed by atoms with Gasteiger partial charge in [-0.25, -0.2) is 15.4 Å². The molecule has 0 spiro atoms. The normalized spacial score (nSPS) is 12.0. The summed E-state index contributed by atoms with van der Waals surface area (Å²) in [6, 6.07) is 11.4. The Labute approximate surface area is 161 Å². The predicted molar refractivity (Wildman–Crippen MR) is 106 cm³/mol. The second-order valence-corrected chi connectivity index (χ2v) is 6.87. The summed E-state index contributed by atoms with van der Waals surface area (Å²) in [5.74, 6) is 0.160.